The Labute approximate surface area is 107 Å². The first kappa shape index (κ1) is 12.2. The fourth-order valence-electron chi connectivity index (χ4n) is 1.46. The predicted molar refractivity (Wildman–Crippen MR) is 64.9 cm³/mol. The normalized spacial score (nSPS) is 10.4. The van der Waals surface area contributed by atoms with E-state index in [4.69, 9.17) is 11.6 Å². The van der Waals surface area contributed by atoms with E-state index in [1.54, 1.807) is 17.9 Å². The fraction of sp³-hybridized carbons (Fsp3) is 0.222. The second-order valence-electron chi connectivity index (χ2n) is 3.56. The van der Waals surface area contributed by atoms with Crippen molar-refractivity contribution in [3.63, 3.8) is 0 Å². The van der Waals surface area contributed by atoms with Crippen LogP contribution in [0.2, 0.25) is 5.28 Å². The van der Waals surface area contributed by atoms with Gasteiger partial charge in [0.1, 0.15) is 5.69 Å². The monoisotopic (exact) mass is 268 g/mol. The van der Waals surface area contributed by atoms with Gasteiger partial charge in [0.15, 0.2) is 0 Å². The molecule has 1 N–H and O–H groups in total. The Bertz CT molecular complexity index is 611. The highest BCUT2D eigenvalue weighted by atomic mass is 35.5. The van der Waals surface area contributed by atoms with Crippen LogP contribution < -0.4 is 5.32 Å². The molecule has 0 aliphatic heterocycles. The Morgan fingerprint density at radius 1 is 1.50 bits per heavy atom. The van der Waals surface area contributed by atoms with Crippen molar-refractivity contribution in [3.05, 3.63) is 33.5 Å². The summed E-state index contributed by atoms with van der Waals surface area (Å²) in [7, 11) is 1.73. The number of nitrogens with one attached hydrogen (secondary N) is 1. The predicted octanol–water partition coefficient (Wildman–Crippen LogP) is 1.82. The van der Waals surface area contributed by atoms with Gasteiger partial charge in [-0.25, -0.2) is 4.98 Å². The average Bonchev–Trinajstić information content (AvgIpc) is 2.62. The van der Waals surface area contributed by atoms with Crippen LogP contribution in [0.15, 0.2) is 12.4 Å². The van der Waals surface area contributed by atoms with Crippen LogP contribution in [0.3, 0.4) is 0 Å². The summed E-state index contributed by atoms with van der Waals surface area (Å²) in [5.41, 5.74) is 0.574. The third-order valence-corrected chi connectivity index (χ3v) is 2.35. The van der Waals surface area contributed by atoms with E-state index in [1.807, 2.05) is 0 Å². The van der Waals surface area contributed by atoms with Crippen molar-refractivity contribution >= 4 is 28.8 Å². The quantitative estimate of drug-likeness (QED) is 0.518. The molecule has 0 saturated heterocycles. The summed E-state index contributed by atoms with van der Waals surface area (Å²) in [5, 5.41) is 17.7. The van der Waals surface area contributed by atoms with E-state index in [9.17, 15) is 10.1 Å². The minimum Gasteiger partial charge on any atom is -0.332 e. The van der Waals surface area contributed by atoms with Crippen molar-refractivity contribution in [1.29, 1.82) is 0 Å². The lowest BCUT2D eigenvalue weighted by Gasteiger charge is -2.05. The molecule has 9 heteroatoms. The van der Waals surface area contributed by atoms with Gasteiger partial charge in [0, 0.05) is 13.2 Å². The Balaban J connectivity index is 2.45. The van der Waals surface area contributed by atoms with E-state index in [0.717, 1.165) is 0 Å². The van der Waals surface area contributed by atoms with Gasteiger partial charge in [-0.05, 0) is 18.5 Å². The Morgan fingerprint density at radius 2 is 2.22 bits per heavy atom. The van der Waals surface area contributed by atoms with E-state index in [-0.39, 0.29) is 22.5 Å². The summed E-state index contributed by atoms with van der Waals surface area (Å²) >= 11 is 5.69. The molecule has 0 amide bonds. The zero-order chi connectivity index (χ0) is 13.3. The van der Waals surface area contributed by atoms with Crippen molar-refractivity contribution in [2.24, 2.45) is 7.05 Å². The van der Waals surface area contributed by atoms with E-state index < -0.39 is 4.92 Å². The lowest BCUT2D eigenvalue weighted by atomic mass is 10.3. The van der Waals surface area contributed by atoms with Crippen molar-refractivity contribution < 1.29 is 4.92 Å². The Morgan fingerprint density at radius 3 is 2.78 bits per heavy atom. The number of nitrogens with zero attached hydrogens (tertiary/aromatic N) is 5. The van der Waals surface area contributed by atoms with Crippen LogP contribution in [0, 0.1) is 17.0 Å². The largest absolute Gasteiger partial charge is 0.332 e. The molecule has 0 radical (unpaired) electrons. The molecule has 2 aromatic rings. The number of rotatable bonds is 3. The molecule has 0 aromatic carbocycles. The summed E-state index contributed by atoms with van der Waals surface area (Å²) in [6.07, 6.45) is 3.18. The van der Waals surface area contributed by atoms with Crippen molar-refractivity contribution in [2.45, 2.75) is 6.92 Å². The third-order valence-electron chi connectivity index (χ3n) is 2.18. The van der Waals surface area contributed by atoms with E-state index in [1.165, 1.54) is 13.1 Å². The van der Waals surface area contributed by atoms with Gasteiger partial charge in [0.05, 0.1) is 16.8 Å². The van der Waals surface area contributed by atoms with E-state index in [2.05, 4.69) is 20.4 Å². The fourth-order valence-corrected chi connectivity index (χ4v) is 1.67. The molecule has 0 aliphatic rings. The molecule has 18 heavy (non-hydrogen) atoms. The summed E-state index contributed by atoms with van der Waals surface area (Å²) in [5.74, 6) is 0.0468. The smallest absolute Gasteiger partial charge is 0.332 e. The van der Waals surface area contributed by atoms with Crippen molar-refractivity contribution in [2.75, 3.05) is 5.32 Å². The second-order valence-corrected chi connectivity index (χ2v) is 3.90. The number of halogens is 1. The molecular formula is C9H9ClN6O2. The van der Waals surface area contributed by atoms with Crippen LogP contribution in [-0.2, 0) is 7.05 Å². The molecule has 0 saturated carbocycles. The zero-order valence-corrected chi connectivity index (χ0v) is 10.3. The van der Waals surface area contributed by atoms with E-state index in [0.29, 0.717) is 5.69 Å². The topological polar surface area (TPSA) is 98.8 Å². The highest BCUT2D eigenvalue weighted by Gasteiger charge is 2.22. The Hall–Kier alpha value is -2.22. The minimum atomic E-state index is -0.551. The number of hydrogen-bond acceptors (Lipinski definition) is 6. The molecule has 0 bridgehead atoms. The van der Waals surface area contributed by atoms with Crippen LogP contribution in [0.4, 0.5) is 17.2 Å². The number of anilines is 2. The van der Waals surface area contributed by atoms with Gasteiger partial charge in [0.25, 0.3) is 0 Å². The summed E-state index contributed by atoms with van der Waals surface area (Å²) < 4.78 is 1.56. The van der Waals surface area contributed by atoms with E-state index >= 15 is 0 Å². The highest BCUT2D eigenvalue weighted by Crippen LogP contribution is 2.28. The first-order chi connectivity index (χ1) is 8.47. The molecule has 8 nitrogen and oxygen atoms in total. The molecule has 2 heterocycles. The van der Waals surface area contributed by atoms with Gasteiger partial charge in [0.2, 0.25) is 11.1 Å². The van der Waals surface area contributed by atoms with Crippen molar-refractivity contribution in [3.8, 4) is 0 Å². The molecule has 0 unspecified atom stereocenters. The maximum absolute atomic E-state index is 11.0. The maximum atomic E-state index is 11.0. The molecule has 0 fully saturated rings. The van der Waals surface area contributed by atoms with Crippen LogP contribution in [0.25, 0.3) is 0 Å². The summed E-state index contributed by atoms with van der Waals surface area (Å²) in [6, 6.07) is 0. The minimum absolute atomic E-state index is 0.0468. The number of nitro groups is 1. The first-order valence-corrected chi connectivity index (χ1v) is 5.29. The van der Waals surface area contributed by atoms with Crippen molar-refractivity contribution in [1.82, 2.24) is 19.7 Å². The first-order valence-electron chi connectivity index (χ1n) is 4.91. The molecule has 94 valence electrons. The molecule has 0 aliphatic carbocycles. The van der Waals surface area contributed by atoms with Crippen LogP contribution in [-0.4, -0.2) is 24.7 Å². The lowest BCUT2D eigenvalue weighted by molar-refractivity contribution is -0.385. The maximum Gasteiger partial charge on any atom is 0.332 e. The molecule has 0 atom stereocenters. The standard InChI is InChI=1S/C9H9ClN6O2/c1-5-7(16(17)18)8(14-9(10)12-5)13-6-3-11-15(2)4-6/h3-4H,1-2H3,(H,12,13,14). The summed E-state index contributed by atoms with van der Waals surface area (Å²) in [6.45, 7) is 1.50. The molecule has 0 spiro atoms. The van der Waals surface area contributed by atoms with Gasteiger partial charge in [-0.3, -0.25) is 14.8 Å². The van der Waals surface area contributed by atoms with Crippen LogP contribution >= 0.6 is 11.6 Å². The van der Waals surface area contributed by atoms with Crippen LogP contribution in [0.5, 0.6) is 0 Å². The number of aromatic nitrogens is 4. The third kappa shape index (κ3) is 2.38. The van der Waals surface area contributed by atoms with Gasteiger partial charge in [-0.15, -0.1) is 0 Å². The van der Waals surface area contributed by atoms with Gasteiger partial charge >= 0.3 is 5.69 Å². The number of aryl methyl sites for hydroxylation is 2. The van der Waals surface area contributed by atoms with Gasteiger partial charge in [-0.2, -0.15) is 10.1 Å². The average molecular weight is 269 g/mol. The van der Waals surface area contributed by atoms with Crippen LogP contribution in [0.1, 0.15) is 5.69 Å². The van der Waals surface area contributed by atoms with Gasteiger partial charge < -0.3 is 5.32 Å². The summed E-state index contributed by atoms with van der Waals surface area (Å²) in [4.78, 5) is 18.0. The second kappa shape index (κ2) is 4.57. The SMILES string of the molecule is Cc1nc(Cl)nc(Nc2cnn(C)c2)c1[N+](=O)[O-]. The van der Waals surface area contributed by atoms with Gasteiger partial charge in [-0.1, -0.05) is 0 Å². The molecule has 2 rings (SSSR count). The Kier molecular flexibility index (Phi) is 3.11. The lowest BCUT2D eigenvalue weighted by Crippen LogP contribution is -2.03. The molecular weight excluding hydrogens is 260 g/mol. The zero-order valence-electron chi connectivity index (χ0n) is 9.59. The number of hydrogen-bond donors (Lipinski definition) is 1. The molecule has 2 aromatic heterocycles. The highest BCUT2D eigenvalue weighted by molar-refractivity contribution is 6.28.